The molecule has 34 heavy (non-hydrogen) atoms. The van der Waals surface area contributed by atoms with Crippen molar-refractivity contribution in [2.45, 2.75) is 26.8 Å². The number of aromatic nitrogens is 2. The van der Waals surface area contributed by atoms with E-state index in [1.165, 1.54) is 23.5 Å². The molecule has 3 aromatic rings. The first-order valence-electron chi connectivity index (χ1n) is 10.5. The molecule has 1 aromatic heterocycles. The number of nitrogens with zero attached hydrogens (tertiary/aromatic N) is 3. The van der Waals surface area contributed by atoms with Crippen LogP contribution in [0.1, 0.15) is 5.56 Å². The summed E-state index contributed by atoms with van der Waals surface area (Å²) in [7, 11) is 0. The van der Waals surface area contributed by atoms with E-state index >= 15 is 0 Å². The first kappa shape index (κ1) is 22.9. The van der Waals surface area contributed by atoms with Gasteiger partial charge in [0.15, 0.2) is 0 Å². The summed E-state index contributed by atoms with van der Waals surface area (Å²) in [5, 5.41) is 16.9. The number of nitrogens with one attached hydrogen (secondary N) is 1. The van der Waals surface area contributed by atoms with Gasteiger partial charge in [-0.25, -0.2) is 0 Å². The molecule has 8 nitrogen and oxygen atoms in total. The molecule has 2 N–H and O–H groups in total. The Bertz CT molecular complexity index is 1220. The smallest absolute Gasteiger partial charge is 0.322 e. The van der Waals surface area contributed by atoms with Crippen LogP contribution in [-0.2, 0) is 20.8 Å². The van der Waals surface area contributed by atoms with Crippen LogP contribution < -0.4 is 5.32 Å². The van der Waals surface area contributed by atoms with Gasteiger partial charge in [-0.1, -0.05) is 76.9 Å². The van der Waals surface area contributed by atoms with Crippen molar-refractivity contribution in [1.29, 1.82) is 0 Å². The maximum atomic E-state index is 12.9. The molecule has 11 heteroatoms. The Morgan fingerprint density at radius 3 is 2.56 bits per heavy atom. The van der Waals surface area contributed by atoms with Crippen LogP contribution in [0.4, 0.5) is 0 Å². The number of hydrogen-bond acceptors (Lipinski definition) is 8. The Balaban J connectivity index is 1.28. The number of thioether (sulfide) groups is 2. The number of carboxylic acid groups (broad SMARTS) is 1. The molecular formula is C23H20N4O4S3. The highest BCUT2D eigenvalue weighted by Crippen LogP contribution is 2.48. The molecular weight excluding hydrogens is 492 g/mol. The second-order valence-corrected chi connectivity index (χ2v) is 11.6. The summed E-state index contributed by atoms with van der Waals surface area (Å²) in [5.74, 6) is -1.17. The van der Waals surface area contributed by atoms with Crippen molar-refractivity contribution < 1.29 is 19.5 Å². The molecule has 3 atom stereocenters. The maximum Gasteiger partial charge on any atom is 0.322 e. The second-order valence-electron chi connectivity index (χ2n) is 8.05. The average Bonchev–Trinajstić information content (AvgIpc) is 3.31. The van der Waals surface area contributed by atoms with Gasteiger partial charge in [-0.2, -0.15) is 0 Å². The number of hydrogen-bond donors (Lipinski definition) is 2. The van der Waals surface area contributed by atoms with Crippen molar-refractivity contribution in [3.05, 3.63) is 66.2 Å². The molecule has 2 aliphatic heterocycles. The summed E-state index contributed by atoms with van der Waals surface area (Å²) in [4.78, 5) is 39.3. The summed E-state index contributed by atoms with van der Waals surface area (Å²) < 4.78 is 3.51. The van der Waals surface area contributed by atoms with Crippen LogP contribution in [0.25, 0.3) is 11.3 Å². The van der Waals surface area contributed by atoms with Crippen molar-refractivity contribution in [2.24, 2.45) is 0 Å². The summed E-state index contributed by atoms with van der Waals surface area (Å²) in [6.45, 7) is 0.0562. The number of carbonyl (C=O) groups is 3. The molecule has 2 fully saturated rings. The van der Waals surface area contributed by atoms with Crippen LogP contribution in [0.5, 0.6) is 0 Å². The molecule has 3 heterocycles. The van der Waals surface area contributed by atoms with E-state index in [4.69, 9.17) is 0 Å². The molecule has 2 aliphatic rings. The van der Waals surface area contributed by atoms with Gasteiger partial charge in [0.05, 0.1) is 6.42 Å². The van der Waals surface area contributed by atoms with E-state index < -0.39 is 16.8 Å². The van der Waals surface area contributed by atoms with Gasteiger partial charge in [-0.3, -0.25) is 14.4 Å². The quantitative estimate of drug-likeness (QED) is 0.465. The van der Waals surface area contributed by atoms with Crippen molar-refractivity contribution in [2.75, 3.05) is 12.3 Å². The summed E-state index contributed by atoms with van der Waals surface area (Å²) in [5.41, 5.74) is 2.37. The number of carbonyl (C=O) groups excluding carboxylic acids is 2. The van der Waals surface area contributed by atoms with E-state index in [1.54, 1.807) is 4.90 Å². The standard InChI is InChI=1S/C23H20N4O4S3/c28-16(11-14-7-3-1-4-8-14)24-18-19(29)27-12-23(22(30)31,13-32-20(18)27)33-21-17(25-26-34-21)15-9-5-2-6-10-15/h1-10,18,20H,11-13H2,(H,24,28)(H,30,31)/t18-,20-,23?/m1/s1. The molecule has 0 radical (unpaired) electrons. The number of rotatable bonds is 7. The Hall–Kier alpha value is -2.89. The first-order chi connectivity index (χ1) is 16.5. The number of amides is 2. The number of carboxylic acids is 1. The highest BCUT2D eigenvalue weighted by atomic mass is 32.2. The van der Waals surface area contributed by atoms with E-state index in [1.807, 2.05) is 60.7 Å². The minimum atomic E-state index is -1.23. The predicted molar refractivity (Wildman–Crippen MR) is 132 cm³/mol. The summed E-state index contributed by atoms with van der Waals surface area (Å²) in [6.07, 6.45) is 0.192. The fourth-order valence-corrected chi connectivity index (χ4v) is 7.89. The van der Waals surface area contributed by atoms with Crippen LogP contribution in [-0.4, -0.2) is 65.8 Å². The van der Waals surface area contributed by atoms with E-state index in [-0.39, 0.29) is 30.2 Å². The molecule has 2 amide bonds. The first-order valence-corrected chi connectivity index (χ1v) is 13.2. The van der Waals surface area contributed by atoms with Crippen LogP contribution in [0, 0.1) is 0 Å². The molecule has 1 unspecified atom stereocenters. The lowest BCUT2D eigenvalue weighted by Gasteiger charge is -2.53. The van der Waals surface area contributed by atoms with Gasteiger partial charge in [0.1, 0.15) is 26.1 Å². The normalized spacial score (nSPS) is 23.6. The lowest BCUT2D eigenvalue weighted by atomic mass is 10.0. The zero-order valence-corrected chi connectivity index (χ0v) is 20.2. The Morgan fingerprint density at radius 1 is 1.15 bits per heavy atom. The van der Waals surface area contributed by atoms with Gasteiger partial charge < -0.3 is 15.3 Å². The minimum Gasteiger partial charge on any atom is -0.480 e. The monoisotopic (exact) mass is 512 g/mol. The summed E-state index contributed by atoms with van der Waals surface area (Å²) in [6, 6.07) is 18.2. The third kappa shape index (κ3) is 4.30. The third-order valence-electron chi connectivity index (χ3n) is 5.76. The van der Waals surface area contributed by atoms with Crippen molar-refractivity contribution in [3.8, 4) is 11.3 Å². The van der Waals surface area contributed by atoms with Gasteiger partial charge in [-0.15, -0.1) is 16.9 Å². The van der Waals surface area contributed by atoms with Gasteiger partial charge in [0.25, 0.3) is 0 Å². The highest BCUT2D eigenvalue weighted by Gasteiger charge is 2.58. The van der Waals surface area contributed by atoms with Gasteiger partial charge in [0, 0.05) is 17.9 Å². The topological polar surface area (TPSA) is 112 Å². The van der Waals surface area contributed by atoms with Crippen molar-refractivity contribution in [1.82, 2.24) is 19.8 Å². The lowest BCUT2D eigenvalue weighted by Crippen LogP contribution is -2.74. The molecule has 174 valence electrons. The van der Waals surface area contributed by atoms with Crippen LogP contribution >= 0.6 is 35.1 Å². The zero-order valence-electron chi connectivity index (χ0n) is 17.8. The van der Waals surface area contributed by atoms with E-state index in [0.717, 1.165) is 22.7 Å². The van der Waals surface area contributed by atoms with Gasteiger partial charge in [0.2, 0.25) is 11.8 Å². The molecule has 0 saturated carbocycles. The average molecular weight is 513 g/mol. The minimum absolute atomic E-state index is 0.0562. The van der Waals surface area contributed by atoms with Crippen molar-refractivity contribution >= 4 is 52.8 Å². The molecule has 0 bridgehead atoms. The number of aliphatic carboxylic acids is 1. The fraction of sp³-hybridized carbons (Fsp3) is 0.261. The molecule has 2 aromatic carbocycles. The second kappa shape index (κ2) is 9.40. The maximum absolute atomic E-state index is 12.9. The largest absolute Gasteiger partial charge is 0.480 e. The van der Waals surface area contributed by atoms with Crippen LogP contribution in [0.3, 0.4) is 0 Å². The summed E-state index contributed by atoms with van der Waals surface area (Å²) >= 11 is 3.74. The predicted octanol–water partition coefficient (Wildman–Crippen LogP) is 2.76. The Kier molecular flexibility index (Phi) is 6.32. The Morgan fingerprint density at radius 2 is 1.85 bits per heavy atom. The Labute approximate surface area is 208 Å². The molecule has 0 aliphatic carbocycles. The SMILES string of the molecule is O=C(Cc1ccccc1)N[C@@H]1C(=O)N2CC(Sc3snnc3-c3ccccc3)(C(=O)O)CS[C@H]12. The van der Waals surface area contributed by atoms with Crippen molar-refractivity contribution in [3.63, 3.8) is 0 Å². The van der Waals surface area contributed by atoms with E-state index in [2.05, 4.69) is 14.9 Å². The zero-order chi connectivity index (χ0) is 23.7. The van der Waals surface area contributed by atoms with Gasteiger partial charge in [-0.05, 0) is 17.1 Å². The molecule has 5 rings (SSSR count). The third-order valence-corrected chi connectivity index (χ3v) is 9.69. The van der Waals surface area contributed by atoms with Gasteiger partial charge >= 0.3 is 5.97 Å². The lowest BCUT2D eigenvalue weighted by molar-refractivity contribution is -0.152. The van der Waals surface area contributed by atoms with Crippen LogP contribution in [0.2, 0.25) is 0 Å². The van der Waals surface area contributed by atoms with E-state index in [9.17, 15) is 19.5 Å². The van der Waals surface area contributed by atoms with Crippen LogP contribution in [0.15, 0.2) is 64.9 Å². The van der Waals surface area contributed by atoms with E-state index in [0.29, 0.717) is 15.7 Å². The molecule has 2 saturated heterocycles. The number of β-lactam (4-membered cyclic amide) rings is 1. The fourth-order valence-electron chi connectivity index (χ4n) is 3.99. The molecule has 0 spiro atoms. The number of benzene rings is 2. The highest BCUT2D eigenvalue weighted by molar-refractivity contribution is 8.06. The number of fused-ring (bicyclic) bond motifs is 1.